The molecule has 0 saturated heterocycles. The van der Waals surface area contributed by atoms with Crippen molar-refractivity contribution in [3.8, 4) is 0 Å². The Hall–Kier alpha value is -0.830. The van der Waals surface area contributed by atoms with E-state index in [1.807, 2.05) is 0 Å². The Bertz CT molecular complexity index is 416. The molecule has 0 atom stereocenters. The van der Waals surface area contributed by atoms with E-state index in [4.69, 9.17) is 11.6 Å². The van der Waals surface area contributed by atoms with Crippen LogP contribution < -0.4 is 4.90 Å². The van der Waals surface area contributed by atoms with Crippen LogP contribution in [-0.4, -0.2) is 18.1 Å². The number of alkyl halides is 1. The highest BCUT2D eigenvalue weighted by Gasteiger charge is 2.30. The molecule has 0 aliphatic heterocycles. The van der Waals surface area contributed by atoms with Crippen molar-refractivity contribution in [1.82, 2.24) is 4.98 Å². The van der Waals surface area contributed by atoms with Gasteiger partial charge in [-0.15, -0.1) is 11.6 Å². The van der Waals surface area contributed by atoms with Crippen LogP contribution in [0.5, 0.6) is 0 Å². The first-order chi connectivity index (χ1) is 8.76. The first-order valence-electron chi connectivity index (χ1n) is 6.71. The monoisotopic (exact) mass is 268 g/mol. The molecule has 2 fully saturated rings. The standard InChI is InChI=1S/C14H18ClFN2/c15-6-12-5-13(16)7-17-14(12)18(8-10-1-2-10)9-11-3-4-11/h5,7,10-11H,1-4,6,8-9H2. The van der Waals surface area contributed by atoms with Crippen LogP contribution in [0.2, 0.25) is 0 Å². The number of pyridine rings is 1. The average Bonchev–Trinajstić information content (AvgIpc) is 3.23. The number of hydrogen-bond donors (Lipinski definition) is 0. The molecule has 0 amide bonds. The molecule has 0 radical (unpaired) electrons. The number of rotatable bonds is 6. The van der Waals surface area contributed by atoms with E-state index in [0.717, 1.165) is 36.3 Å². The first kappa shape index (κ1) is 12.2. The van der Waals surface area contributed by atoms with Gasteiger partial charge in [0, 0.05) is 18.7 Å². The van der Waals surface area contributed by atoms with Gasteiger partial charge in [0.05, 0.1) is 12.1 Å². The molecule has 0 N–H and O–H groups in total. The van der Waals surface area contributed by atoms with Gasteiger partial charge in [0.15, 0.2) is 0 Å². The van der Waals surface area contributed by atoms with Crippen LogP contribution in [0, 0.1) is 17.7 Å². The number of aromatic nitrogens is 1. The van der Waals surface area contributed by atoms with Crippen molar-refractivity contribution < 1.29 is 4.39 Å². The van der Waals surface area contributed by atoms with Gasteiger partial charge in [-0.2, -0.15) is 0 Å². The van der Waals surface area contributed by atoms with Gasteiger partial charge >= 0.3 is 0 Å². The smallest absolute Gasteiger partial charge is 0.141 e. The molecule has 1 aromatic rings. The van der Waals surface area contributed by atoms with Crippen LogP contribution in [0.25, 0.3) is 0 Å². The Kier molecular flexibility index (Phi) is 3.42. The second-order valence-electron chi connectivity index (χ2n) is 5.56. The molecule has 0 bridgehead atoms. The quantitative estimate of drug-likeness (QED) is 0.733. The summed E-state index contributed by atoms with van der Waals surface area (Å²) in [5.41, 5.74) is 0.818. The van der Waals surface area contributed by atoms with E-state index in [9.17, 15) is 4.39 Å². The van der Waals surface area contributed by atoms with E-state index in [-0.39, 0.29) is 5.82 Å². The Balaban J connectivity index is 1.81. The maximum absolute atomic E-state index is 13.2. The average molecular weight is 269 g/mol. The molecule has 4 heteroatoms. The summed E-state index contributed by atoms with van der Waals surface area (Å²) in [6, 6.07) is 1.52. The highest BCUT2D eigenvalue weighted by molar-refractivity contribution is 6.17. The normalized spacial score (nSPS) is 19.0. The van der Waals surface area contributed by atoms with Crippen LogP contribution in [0.4, 0.5) is 10.2 Å². The molecular formula is C14H18ClFN2. The molecule has 3 rings (SSSR count). The Morgan fingerprint density at radius 1 is 1.22 bits per heavy atom. The minimum absolute atomic E-state index is 0.299. The highest BCUT2D eigenvalue weighted by atomic mass is 35.5. The molecule has 2 aliphatic carbocycles. The summed E-state index contributed by atoms with van der Waals surface area (Å²) in [7, 11) is 0. The third kappa shape index (κ3) is 2.94. The zero-order chi connectivity index (χ0) is 12.5. The Morgan fingerprint density at radius 2 is 1.83 bits per heavy atom. The molecule has 0 aromatic carbocycles. The second-order valence-corrected chi connectivity index (χ2v) is 5.83. The van der Waals surface area contributed by atoms with Crippen LogP contribution in [0.15, 0.2) is 12.3 Å². The van der Waals surface area contributed by atoms with Crippen molar-refractivity contribution in [3.63, 3.8) is 0 Å². The van der Waals surface area contributed by atoms with Gasteiger partial charge in [0.2, 0.25) is 0 Å². The molecule has 18 heavy (non-hydrogen) atoms. The lowest BCUT2D eigenvalue weighted by atomic mass is 10.2. The summed E-state index contributed by atoms with van der Waals surface area (Å²) >= 11 is 5.92. The Morgan fingerprint density at radius 3 is 2.33 bits per heavy atom. The SMILES string of the molecule is Fc1cnc(N(CC2CC2)CC2CC2)c(CCl)c1. The zero-order valence-corrected chi connectivity index (χ0v) is 11.2. The van der Waals surface area contributed by atoms with Crippen LogP contribution in [0.3, 0.4) is 0 Å². The lowest BCUT2D eigenvalue weighted by Crippen LogP contribution is -2.29. The fraction of sp³-hybridized carbons (Fsp3) is 0.643. The largest absolute Gasteiger partial charge is 0.356 e. The van der Waals surface area contributed by atoms with Crippen molar-refractivity contribution >= 4 is 17.4 Å². The molecule has 1 heterocycles. The minimum atomic E-state index is -0.299. The summed E-state index contributed by atoms with van der Waals surface area (Å²) < 4.78 is 13.2. The van der Waals surface area contributed by atoms with Gasteiger partial charge in [0.25, 0.3) is 0 Å². The lowest BCUT2D eigenvalue weighted by Gasteiger charge is -2.25. The Labute approximate surface area is 112 Å². The predicted octanol–water partition coefficient (Wildman–Crippen LogP) is 3.59. The van der Waals surface area contributed by atoms with Gasteiger partial charge < -0.3 is 4.90 Å². The third-order valence-corrected chi connectivity index (χ3v) is 3.99. The van der Waals surface area contributed by atoms with Gasteiger partial charge in [0.1, 0.15) is 11.6 Å². The maximum Gasteiger partial charge on any atom is 0.141 e. The van der Waals surface area contributed by atoms with Crippen LogP contribution >= 0.6 is 11.6 Å². The lowest BCUT2D eigenvalue weighted by molar-refractivity contribution is 0.614. The van der Waals surface area contributed by atoms with Crippen molar-refractivity contribution in [3.05, 3.63) is 23.6 Å². The number of anilines is 1. The van der Waals surface area contributed by atoms with Gasteiger partial charge in [-0.3, -0.25) is 0 Å². The molecular weight excluding hydrogens is 251 g/mol. The fourth-order valence-electron chi connectivity index (χ4n) is 2.33. The zero-order valence-electron chi connectivity index (χ0n) is 10.4. The second kappa shape index (κ2) is 5.04. The van der Waals surface area contributed by atoms with E-state index in [2.05, 4.69) is 9.88 Å². The molecule has 0 spiro atoms. The predicted molar refractivity (Wildman–Crippen MR) is 71.4 cm³/mol. The van der Waals surface area contributed by atoms with Crippen molar-refractivity contribution in [2.45, 2.75) is 31.6 Å². The fourth-order valence-corrected chi connectivity index (χ4v) is 2.53. The van der Waals surface area contributed by atoms with Gasteiger partial charge in [-0.1, -0.05) is 0 Å². The van der Waals surface area contributed by atoms with Crippen LogP contribution in [-0.2, 0) is 5.88 Å². The summed E-state index contributed by atoms with van der Waals surface area (Å²) in [6.07, 6.45) is 6.58. The van der Waals surface area contributed by atoms with E-state index < -0.39 is 0 Å². The van der Waals surface area contributed by atoms with Crippen molar-refractivity contribution in [1.29, 1.82) is 0 Å². The van der Waals surface area contributed by atoms with Gasteiger partial charge in [-0.05, 0) is 43.6 Å². The molecule has 0 unspecified atom stereocenters. The van der Waals surface area contributed by atoms with E-state index in [1.54, 1.807) is 0 Å². The van der Waals surface area contributed by atoms with E-state index >= 15 is 0 Å². The molecule has 98 valence electrons. The summed E-state index contributed by atoms with van der Waals surface area (Å²) in [5.74, 6) is 2.53. The maximum atomic E-state index is 13.2. The van der Waals surface area contributed by atoms with Crippen molar-refractivity contribution in [2.24, 2.45) is 11.8 Å². The molecule has 2 nitrogen and oxygen atoms in total. The summed E-state index contributed by atoms with van der Waals surface area (Å²) in [5, 5.41) is 0. The van der Waals surface area contributed by atoms with Crippen molar-refractivity contribution in [2.75, 3.05) is 18.0 Å². The number of hydrogen-bond acceptors (Lipinski definition) is 2. The topological polar surface area (TPSA) is 16.1 Å². The highest BCUT2D eigenvalue weighted by Crippen LogP contribution is 2.36. The van der Waals surface area contributed by atoms with E-state index in [0.29, 0.717) is 5.88 Å². The summed E-state index contributed by atoms with van der Waals surface area (Å²) in [4.78, 5) is 6.60. The molecule has 2 aliphatic rings. The molecule has 1 aromatic heterocycles. The third-order valence-electron chi connectivity index (χ3n) is 3.70. The van der Waals surface area contributed by atoms with Crippen LogP contribution in [0.1, 0.15) is 31.2 Å². The molecule has 2 saturated carbocycles. The first-order valence-corrected chi connectivity index (χ1v) is 7.25. The van der Waals surface area contributed by atoms with E-state index in [1.165, 1.54) is 37.9 Å². The minimum Gasteiger partial charge on any atom is -0.356 e. The summed E-state index contributed by atoms with van der Waals surface area (Å²) in [6.45, 7) is 2.11. The van der Waals surface area contributed by atoms with Gasteiger partial charge in [-0.25, -0.2) is 9.37 Å². The number of halogens is 2. The number of nitrogens with zero attached hydrogens (tertiary/aromatic N) is 2.